The van der Waals surface area contributed by atoms with Crippen molar-refractivity contribution in [1.29, 1.82) is 0 Å². The topological polar surface area (TPSA) is 128 Å². The maximum atomic E-state index is 13.8. The summed E-state index contributed by atoms with van der Waals surface area (Å²) >= 11 is 0. The van der Waals surface area contributed by atoms with Crippen LogP contribution in [-0.2, 0) is 23.1 Å². The van der Waals surface area contributed by atoms with Gasteiger partial charge in [0, 0.05) is 20.1 Å². The molecule has 0 unspecified atom stereocenters. The van der Waals surface area contributed by atoms with Crippen LogP contribution in [0.25, 0.3) is 0 Å². The molecule has 1 N–H and O–H groups in total. The maximum Gasteiger partial charge on any atom is 0.337 e. The van der Waals surface area contributed by atoms with E-state index < -0.39 is 37.2 Å². The fourth-order valence-electron chi connectivity index (χ4n) is 5.04. The van der Waals surface area contributed by atoms with Gasteiger partial charge < -0.3 is 42.6 Å². The summed E-state index contributed by atoms with van der Waals surface area (Å²) in [6.07, 6.45) is -1.41. The molecule has 1 aliphatic heterocycles. The van der Waals surface area contributed by atoms with E-state index in [4.69, 9.17) is 37.5 Å². The van der Waals surface area contributed by atoms with Gasteiger partial charge in [0.05, 0.1) is 40.5 Å². The molecule has 0 bridgehead atoms. The summed E-state index contributed by atoms with van der Waals surface area (Å²) in [5.41, 5.74) is 0.177. The number of ether oxygens (including phenoxy) is 6. The third-order valence-electron chi connectivity index (χ3n) is 6.68. The molecule has 4 atom stereocenters. The lowest BCUT2D eigenvalue weighted by Crippen LogP contribution is -2.43. The van der Waals surface area contributed by atoms with Gasteiger partial charge in [-0.3, -0.25) is 9.36 Å². The van der Waals surface area contributed by atoms with Crippen LogP contribution in [0, 0.1) is 5.92 Å². The van der Waals surface area contributed by atoms with Crippen LogP contribution in [0.15, 0.2) is 24.3 Å². The number of aliphatic hydroxyl groups excluding tert-OH is 1. The van der Waals surface area contributed by atoms with E-state index in [0.717, 1.165) is 0 Å². The molecule has 2 aromatic carbocycles. The summed E-state index contributed by atoms with van der Waals surface area (Å²) in [5, 5.41) is 11.5. The minimum atomic E-state index is -4.03. The Balaban J connectivity index is 2.06. The van der Waals surface area contributed by atoms with E-state index in [-0.39, 0.29) is 6.79 Å². The molecule has 1 heterocycles. The highest BCUT2D eigenvalue weighted by Crippen LogP contribution is 2.65. The molecular weight excluding hydrogens is 495 g/mol. The minimum Gasteiger partial charge on any atom is -0.493 e. The average molecular weight is 524 g/mol. The molecule has 12 heteroatoms. The summed E-state index contributed by atoms with van der Waals surface area (Å²) in [6.45, 7) is 0.00165. The van der Waals surface area contributed by atoms with Crippen LogP contribution in [0.1, 0.15) is 28.7 Å². The summed E-state index contributed by atoms with van der Waals surface area (Å²) in [4.78, 5) is 13.4. The van der Waals surface area contributed by atoms with Gasteiger partial charge in [0.1, 0.15) is 5.66 Å². The number of rotatable bonds is 8. The minimum absolute atomic E-state index is 0.00165. The van der Waals surface area contributed by atoms with Gasteiger partial charge >= 0.3 is 13.6 Å². The number of carbonyl (C=O) groups excluding carboxylic acids is 1. The highest BCUT2D eigenvalue weighted by molar-refractivity contribution is 7.54. The first-order valence-corrected chi connectivity index (χ1v) is 12.6. The number of hydrogen-bond acceptors (Lipinski definition) is 11. The van der Waals surface area contributed by atoms with E-state index in [9.17, 15) is 14.5 Å². The zero-order chi connectivity index (χ0) is 26.2. The highest BCUT2D eigenvalue weighted by Gasteiger charge is 2.56. The molecule has 4 rings (SSSR count). The lowest BCUT2D eigenvalue weighted by Gasteiger charge is -2.42. The molecule has 2 aromatic rings. The van der Waals surface area contributed by atoms with Gasteiger partial charge in [-0.25, -0.2) is 0 Å². The average Bonchev–Trinajstić information content (AvgIpc) is 3.37. The second-order valence-corrected chi connectivity index (χ2v) is 10.6. The molecule has 2 aliphatic rings. The molecule has 0 spiro atoms. The second kappa shape index (κ2) is 10.2. The second-order valence-electron chi connectivity index (χ2n) is 8.16. The number of benzene rings is 2. The monoisotopic (exact) mass is 524 g/mol. The van der Waals surface area contributed by atoms with Crippen LogP contribution in [0.5, 0.6) is 28.7 Å². The lowest BCUT2D eigenvalue weighted by atomic mass is 9.70. The Morgan fingerprint density at radius 2 is 1.44 bits per heavy atom. The van der Waals surface area contributed by atoms with Crippen LogP contribution < -0.4 is 23.7 Å². The van der Waals surface area contributed by atoms with E-state index in [1.807, 2.05) is 0 Å². The zero-order valence-electron chi connectivity index (χ0n) is 20.8. The van der Waals surface area contributed by atoms with Crippen molar-refractivity contribution in [3.8, 4) is 28.7 Å². The Hall–Kier alpha value is -2.98. The molecule has 0 radical (unpaired) electrons. The van der Waals surface area contributed by atoms with Crippen molar-refractivity contribution in [3.63, 3.8) is 0 Å². The third-order valence-corrected chi connectivity index (χ3v) is 9.03. The number of hydrogen-bond donors (Lipinski definition) is 1. The van der Waals surface area contributed by atoms with Gasteiger partial charge in [0.15, 0.2) is 23.0 Å². The van der Waals surface area contributed by atoms with E-state index in [1.54, 1.807) is 24.3 Å². The number of esters is 1. The van der Waals surface area contributed by atoms with Crippen molar-refractivity contribution in [3.05, 3.63) is 41.0 Å². The van der Waals surface area contributed by atoms with Crippen LogP contribution in [0.2, 0.25) is 0 Å². The van der Waals surface area contributed by atoms with Gasteiger partial charge in [0.2, 0.25) is 12.5 Å². The summed E-state index contributed by atoms with van der Waals surface area (Å²) in [5.74, 6) is -0.789. The lowest BCUT2D eigenvalue weighted by molar-refractivity contribution is -0.147. The molecule has 0 fully saturated rings. The molecule has 0 aromatic heterocycles. The van der Waals surface area contributed by atoms with Crippen molar-refractivity contribution in [2.45, 2.75) is 17.7 Å². The first-order chi connectivity index (χ1) is 17.3. The molecule has 36 heavy (non-hydrogen) atoms. The van der Waals surface area contributed by atoms with Crippen LogP contribution in [0.4, 0.5) is 0 Å². The smallest absolute Gasteiger partial charge is 0.337 e. The molecule has 0 saturated heterocycles. The van der Waals surface area contributed by atoms with Gasteiger partial charge in [-0.05, 0) is 41.0 Å². The van der Waals surface area contributed by atoms with Crippen LogP contribution >= 0.6 is 7.60 Å². The Bertz CT molecular complexity index is 1160. The standard InChI is InChI=1S/C24H29O11P/c1-28-17-7-12(8-18(29-2)22(17)30-3)19-13-9-15-16(35-11-34-15)10-14(13)21(25)23(20(19)24(26)31-4)36(27,32-5)33-6/h7-10,19-21,23,25H,11H2,1-6H3/t19-,20-,21-,23+/m1/s1. The Morgan fingerprint density at radius 3 is 1.92 bits per heavy atom. The largest absolute Gasteiger partial charge is 0.493 e. The molecule has 1 aliphatic carbocycles. The normalized spacial score (nSPS) is 22.5. The van der Waals surface area contributed by atoms with Crippen LogP contribution in [-0.4, -0.2) is 66.2 Å². The van der Waals surface area contributed by atoms with E-state index in [0.29, 0.717) is 45.4 Å². The van der Waals surface area contributed by atoms with Gasteiger partial charge in [-0.15, -0.1) is 0 Å². The van der Waals surface area contributed by atoms with Gasteiger partial charge in [-0.1, -0.05) is 0 Å². The number of methoxy groups -OCH3 is 4. The highest BCUT2D eigenvalue weighted by atomic mass is 31.2. The van der Waals surface area contributed by atoms with Gasteiger partial charge in [-0.2, -0.15) is 0 Å². The van der Waals surface area contributed by atoms with E-state index in [1.165, 1.54) is 42.7 Å². The van der Waals surface area contributed by atoms with Crippen molar-refractivity contribution < 1.29 is 51.9 Å². The van der Waals surface area contributed by atoms with E-state index in [2.05, 4.69) is 0 Å². The quantitative estimate of drug-likeness (QED) is 0.404. The molecule has 0 saturated carbocycles. The Kier molecular flexibility index (Phi) is 7.38. The van der Waals surface area contributed by atoms with E-state index >= 15 is 0 Å². The first kappa shape index (κ1) is 26.1. The molecular formula is C24H29O11P. The third kappa shape index (κ3) is 4.06. The fraction of sp³-hybridized carbons (Fsp3) is 0.458. The van der Waals surface area contributed by atoms with Crippen molar-refractivity contribution in [2.24, 2.45) is 5.92 Å². The van der Waals surface area contributed by atoms with Crippen LogP contribution in [0.3, 0.4) is 0 Å². The molecule has 196 valence electrons. The summed E-state index contributed by atoms with van der Waals surface area (Å²) in [6, 6.07) is 6.69. The van der Waals surface area contributed by atoms with Crippen molar-refractivity contribution >= 4 is 13.6 Å². The molecule has 0 amide bonds. The molecule has 11 nitrogen and oxygen atoms in total. The summed E-state index contributed by atoms with van der Waals surface area (Å²) in [7, 11) is 4.02. The van der Waals surface area contributed by atoms with Crippen molar-refractivity contribution in [1.82, 2.24) is 0 Å². The summed E-state index contributed by atoms with van der Waals surface area (Å²) < 4.78 is 57.1. The number of carbonyl (C=O) groups is 1. The first-order valence-electron chi connectivity index (χ1n) is 11.0. The number of fused-ring (bicyclic) bond motifs is 2. The predicted molar refractivity (Wildman–Crippen MR) is 126 cm³/mol. The SMILES string of the molecule is COC(=O)[C@@H]1[C@H](c2cc(OC)c(OC)c(OC)c2)c2cc3c(cc2[C@@H](O)[C@H]1P(=O)(OC)OC)OCO3. The Labute approximate surface area is 208 Å². The fourth-order valence-corrected chi connectivity index (χ4v) is 6.87. The van der Waals surface area contributed by atoms with Gasteiger partial charge in [0.25, 0.3) is 0 Å². The zero-order valence-corrected chi connectivity index (χ0v) is 21.7. The maximum absolute atomic E-state index is 13.8. The Morgan fingerprint density at radius 1 is 0.889 bits per heavy atom. The van der Waals surface area contributed by atoms with Crippen molar-refractivity contribution in [2.75, 3.05) is 49.5 Å². The number of aliphatic hydroxyl groups is 1. The predicted octanol–water partition coefficient (Wildman–Crippen LogP) is 3.26.